The van der Waals surface area contributed by atoms with Crippen LogP contribution < -0.4 is 0 Å². The number of fused-ring (bicyclic) bond motifs is 10. The minimum atomic E-state index is 0.702. The molecule has 0 spiro atoms. The summed E-state index contributed by atoms with van der Waals surface area (Å²) in [6.45, 7) is 0. The molecule has 0 amide bonds. The van der Waals surface area contributed by atoms with Crippen LogP contribution in [0, 0.1) is 0 Å². The lowest BCUT2D eigenvalue weighted by atomic mass is 9.98. The molecule has 0 unspecified atom stereocenters. The molecule has 0 aliphatic rings. The molecule has 5 heteroatoms. The van der Waals surface area contributed by atoms with Crippen molar-refractivity contribution in [3.05, 3.63) is 194 Å². The fraction of sp³-hybridized carbons (Fsp3) is 0. The molecule has 0 radical (unpaired) electrons. The summed E-state index contributed by atoms with van der Waals surface area (Å²) in [4.78, 5) is 15.7. The van der Waals surface area contributed by atoms with Gasteiger partial charge in [0.25, 0.3) is 0 Å². The normalized spacial score (nSPS) is 11.8. The highest BCUT2D eigenvalue weighted by atomic mass is 32.1. The number of hydrogen-bond donors (Lipinski definition) is 0. The van der Waals surface area contributed by atoms with Crippen LogP contribution in [0.25, 0.3) is 115 Å². The Hall–Kier alpha value is -7.47. The molecular weight excluding hydrogens is 725 g/mol. The Morgan fingerprint density at radius 2 is 1.00 bits per heavy atom. The lowest BCUT2D eigenvalue weighted by molar-refractivity contribution is 1.18. The first kappa shape index (κ1) is 32.7. The van der Waals surface area contributed by atoms with Crippen LogP contribution in [0.15, 0.2) is 194 Å². The van der Waals surface area contributed by atoms with Crippen molar-refractivity contribution in [2.24, 2.45) is 0 Å². The highest BCUT2D eigenvalue weighted by Crippen LogP contribution is 2.44. The zero-order valence-electron chi connectivity index (χ0n) is 31.2. The molecule has 0 bridgehead atoms. The lowest BCUT2D eigenvalue weighted by Gasteiger charge is -2.11. The Labute approximate surface area is 338 Å². The predicted molar refractivity (Wildman–Crippen MR) is 244 cm³/mol. The molecule has 0 fully saturated rings. The van der Waals surface area contributed by atoms with Crippen LogP contribution in [-0.4, -0.2) is 19.5 Å². The van der Waals surface area contributed by atoms with E-state index >= 15 is 0 Å². The third-order valence-corrected chi connectivity index (χ3v) is 12.6. The molecule has 0 N–H and O–H groups in total. The molecule has 0 saturated heterocycles. The van der Waals surface area contributed by atoms with Gasteiger partial charge in [-0.1, -0.05) is 146 Å². The third kappa shape index (κ3) is 5.18. The number of para-hydroxylation sites is 3. The van der Waals surface area contributed by atoms with E-state index in [2.05, 4.69) is 193 Å². The van der Waals surface area contributed by atoms with Gasteiger partial charge in [-0.3, -0.25) is 0 Å². The lowest BCUT2D eigenvalue weighted by Crippen LogP contribution is -1.96. The van der Waals surface area contributed by atoms with Crippen LogP contribution in [0.2, 0.25) is 0 Å². The summed E-state index contributed by atoms with van der Waals surface area (Å²) in [7, 11) is 0. The fourth-order valence-corrected chi connectivity index (χ4v) is 10.00. The summed E-state index contributed by atoms with van der Waals surface area (Å²) in [5, 5.41) is 8.46. The molecule has 58 heavy (non-hydrogen) atoms. The van der Waals surface area contributed by atoms with Crippen LogP contribution in [-0.2, 0) is 0 Å². The van der Waals surface area contributed by atoms with Crippen LogP contribution in [0.5, 0.6) is 0 Å². The van der Waals surface area contributed by atoms with Gasteiger partial charge in [0.2, 0.25) is 0 Å². The maximum absolute atomic E-state index is 5.33. The van der Waals surface area contributed by atoms with Gasteiger partial charge in [0.15, 0.2) is 5.82 Å². The summed E-state index contributed by atoms with van der Waals surface area (Å²) < 4.78 is 4.82. The van der Waals surface area contributed by atoms with Gasteiger partial charge in [-0.25, -0.2) is 15.0 Å². The summed E-state index contributed by atoms with van der Waals surface area (Å²) >= 11 is 1.84. The summed E-state index contributed by atoms with van der Waals surface area (Å²) in [6.07, 6.45) is 0. The average Bonchev–Trinajstić information content (AvgIpc) is 3.84. The Bertz CT molecular complexity index is 3550. The van der Waals surface area contributed by atoms with Crippen molar-refractivity contribution in [1.82, 2.24) is 19.5 Å². The second kappa shape index (κ2) is 13.1. The van der Waals surface area contributed by atoms with E-state index < -0.39 is 0 Å². The van der Waals surface area contributed by atoms with Crippen molar-refractivity contribution in [1.29, 1.82) is 0 Å². The van der Waals surface area contributed by atoms with E-state index in [1.54, 1.807) is 0 Å². The van der Waals surface area contributed by atoms with E-state index in [-0.39, 0.29) is 0 Å². The second-order valence-corrected chi connectivity index (χ2v) is 15.8. The number of aromatic nitrogens is 4. The van der Waals surface area contributed by atoms with Crippen molar-refractivity contribution in [3.8, 4) is 50.8 Å². The van der Waals surface area contributed by atoms with Gasteiger partial charge < -0.3 is 4.57 Å². The molecule has 4 nitrogen and oxygen atoms in total. The van der Waals surface area contributed by atoms with E-state index in [1.165, 1.54) is 47.2 Å². The van der Waals surface area contributed by atoms with Crippen LogP contribution in [0.4, 0.5) is 0 Å². The summed E-state index contributed by atoms with van der Waals surface area (Å²) in [5.74, 6) is 0.702. The fourth-order valence-electron chi connectivity index (χ4n) is 8.69. The molecule has 0 atom stereocenters. The number of rotatable bonds is 5. The van der Waals surface area contributed by atoms with Gasteiger partial charge in [-0.2, -0.15) is 0 Å². The van der Waals surface area contributed by atoms with E-state index in [1.807, 2.05) is 17.4 Å². The minimum Gasteiger partial charge on any atom is -0.309 e. The molecule has 4 heterocycles. The molecular formula is C53H32N4S. The van der Waals surface area contributed by atoms with Gasteiger partial charge in [-0.05, 0) is 48.5 Å². The Kier molecular flexibility index (Phi) is 7.37. The number of hydrogen-bond acceptors (Lipinski definition) is 4. The first-order valence-corrected chi connectivity index (χ1v) is 20.3. The molecule has 12 rings (SSSR count). The third-order valence-electron chi connectivity index (χ3n) is 11.4. The standard InChI is InChI=1S/C53H32N4S/c1-4-14-33(15-5-1)45-32-46(35-25-29-48-43(30-35)38-20-11-13-23-47(38)57(48)37-18-8-3-9-19-37)56-53(55-45)36-24-26-39-40-27-28-42-50(52(40)58-49(39)31-36)41-21-10-12-22-44(41)54-51(42)34-16-6-2-7-17-34/h1-32H. The first-order chi connectivity index (χ1) is 28.7. The first-order valence-electron chi connectivity index (χ1n) is 19.5. The second-order valence-electron chi connectivity index (χ2n) is 14.8. The van der Waals surface area contributed by atoms with Gasteiger partial charge >= 0.3 is 0 Å². The predicted octanol–water partition coefficient (Wildman–Crippen LogP) is 14.3. The number of thiophene rings is 1. The Morgan fingerprint density at radius 1 is 0.379 bits per heavy atom. The number of pyridine rings is 1. The molecule has 0 saturated carbocycles. The highest BCUT2D eigenvalue weighted by Gasteiger charge is 2.19. The van der Waals surface area contributed by atoms with E-state index in [0.29, 0.717) is 5.82 Å². The zero-order chi connectivity index (χ0) is 38.2. The van der Waals surface area contributed by atoms with E-state index in [0.717, 1.165) is 61.4 Å². The monoisotopic (exact) mass is 756 g/mol. The maximum atomic E-state index is 5.33. The molecule has 12 aromatic rings. The van der Waals surface area contributed by atoms with Crippen molar-refractivity contribution in [3.63, 3.8) is 0 Å². The van der Waals surface area contributed by atoms with Gasteiger partial charge in [0.1, 0.15) is 0 Å². The quantitative estimate of drug-likeness (QED) is 0.164. The topological polar surface area (TPSA) is 43.6 Å². The summed E-state index contributed by atoms with van der Waals surface area (Å²) in [5.41, 5.74) is 11.5. The van der Waals surface area contributed by atoms with Crippen molar-refractivity contribution in [2.75, 3.05) is 0 Å². The zero-order valence-corrected chi connectivity index (χ0v) is 32.0. The van der Waals surface area contributed by atoms with Crippen molar-refractivity contribution in [2.45, 2.75) is 0 Å². The van der Waals surface area contributed by atoms with Crippen molar-refractivity contribution >= 4 is 75.0 Å². The maximum Gasteiger partial charge on any atom is 0.160 e. The smallest absolute Gasteiger partial charge is 0.160 e. The molecule has 270 valence electrons. The van der Waals surface area contributed by atoms with Crippen LogP contribution in [0.3, 0.4) is 0 Å². The molecule has 0 aliphatic heterocycles. The average molecular weight is 757 g/mol. The SMILES string of the molecule is c1ccc(-c2cc(-c3ccc4c(c3)c3ccccc3n4-c3ccccc3)nc(-c3ccc4c(c3)sc3c4ccc4c(-c5ccccc5)nc5ccccc5c43)n2)cc1. The van der Waals surface area contributed by atoms with Gasteiger partial charge in [-0.15, -0.1) is 11.3 Å². The van der Waals surface area contributed by atoms with Crippen molar-refractivity contribution < 1.29 is 0 Å². The van der Waals surface area contributed by atoms with Crippen LogP contribution in [0.1, 0.15) is 0 Å². The van der Waals surface area contributed by atoms with Gasteiger partial charge in [0.05, 0.1) is 33.6 Å². The Morgan fingerprint density at radius 3 is 1.81 bits per heavy atom. The molecule has 0 aliphatic carbocycles. The summed E-state index contributed by atoms with van der Waals surface area (Å²) in [6, 6.07) is 68.8. The van der Waals surface area contributed by atoms with E-state index in [4.69, 9.17) is 15.0 Å². The largest absolute Gasteiger partial charge is 0.309 e. The molecule has 4 aromatic heterocycles. The Balaban J connectivity index is 1.05. The van der Waals surface area contributed by atoms with Crippen LogP contribution >= 0.6 is 11.3 Å². The molecule has 8 aromatic carbocycles. The number of benzene rings is 8. The number of nitrogens with zero attached hydrogens (tertiary/aromatic N) is 4. The highest BCUT2D eigenvalue weighted by molar-refractivity contribution is 7.26. The van der Waals surface area contributed by atoms with Gasteiger partial charge in [0, 0.05) is 75.0 Å². The van der Waals surface area contributed by atoms with E-state index in [9.17, 15) is 0 Å². The minimum absolute atomic E-state index is 0.702.